The van der Waals surface area contributed by atoms with Crippen LogP contribution in [0.3, 0.4) is 0 Å². The monoisotopic (exact) mass is 154 g/mol. The van der Waals surface area contributed by atoms with Gasteiger partial charge in [-0.25, -0.2) is 20.6 Å². The number of nitrogens with zero attached hydrogens (tertiary/aromatic N) is 2. The van der Waals surface area contributed by atoms with Crippen LogP contribution in [0.25, 0.3) is 0 Å². The van der Waals surface area contributed by atoms with Crippen molar-refractivity contribution >= 4 is 6.09 Å². The van der Waals surface area contributed by atoms with Crippen LogP contribution in [0.4, 0.5) is 4.79 Å². The SMILES string of the molecule is NNC(=O)Oc1ccncn1. The van der Waals surface area contributed by atoms with Crippen molar-refractivity contribution < 1.29 is 9.53 Å². The van der Waals surface area contributed by atoms with Gasteiger partial charge in [0.1, 0.15) is 6.33 Å². The zero-order chi connectivity index (χ0) is 8.10. The van der Waals surface area contributed by atoms with Crippen molar-refractivity contribution in [2.45, 2.75) is 0 Å². The first kappa shape index (κ1) is 7.42. The Morgan fingerprint density at radius 1 is 1.73 bits per heavy atom. The molecule has 0 radical (unpaired) electrons. The number of ether oxygens (including phenoxy) is 1. The van der Waals surface area contributed by atoms with Gasteiger partial charge in [0.15, 0.2) is 0 Å². The highest BCUT2D eigenvalue weighted by molar-refractivity contribution is 5.68. The van der Waals surface area contributed by atoms with Crippen LogP contribution in [0.2, 0.25) is 0 Å². The average Bonchev–Trinajstić information content (AvgIpc) is 2.06. The molecule has 0 saturated carbocycles. The summed E-state index contributed by atoms with van der Waals surface area (Å²) in [6, 6.07) is 1.44. The minimum Gasteiger partial charge on any atom is -0.390 e. The van der Waals surface area contributed by atoms with Crippen LogP contribution in [0.5, 0.6) is 5.88 Å². The van der Waals surface area contributed by atoms with Crippen molar-refractivity contribution in [3.63, 3.8) is 0 Å². The minimum absolute atomic E-state index is 0.156. The second kappa shape index (κ2) is 3.47. The van der Waals surface area contributed by atoms with Crippen LogP contribution < -0.4 is 16.0 Å². The molecule has 0 bridgehead atoms. The maximum Gasteiger partial charge on any atom is 0.428 e. The van der Waals surface area contributed by atoms with Crippen LogP contribution in [-0.4, -0.2) is 16.1 Å². The van der Waals surface area contributed by atoms with E-state index in [9.17, 15) is 4.79 Å². The van der Waals surface area contributed by atoms with Crippen LogP contribution in [-0.2, 0) is 0 Å². The number of carbonyl (C=O) groups is 1. The minimum atomic E-state index is -0.760. The van der Waals surface area contributed by atoms with Gasteiger partial charge in [-0.3, -0.25) is 5.43 Å². The Morgan fingerprint density at radius 3 is 3.09 bits per heavy atom. The second-order valence-corrected chi connectivity index (χ2v) is 1.58. The smallest absolute Gasteiger partial charge is 0.390 e. The number of rotatable bonds is 1. The Kier molecular flexibility index (Phi) is 2.34. The molecule has 0 saturated heterocycles. The molecule has 11 heavy (non-hydrogen) atoms. The summed E-state index contributed by atoms with van der Waals surface area (Å²) in [6.07, 6.45) is 1.95. The first-order valence-electron chi connectivity index (χ1n) is 2.77. The summed E-state index contributed by atoms with van der Waals surface area (Å²) < 4.78 is 4.54. The summed E-state index contributed by atoms with van der Waals surface area (Å²) in [7, 11) is 0. The van der Waals surface area contributed by atoms with E-state index in [0.29, 0.717) is 0 Å². The summed E-state index contributed by atoms with van der Waals surface area (Å²) >= 11 is 0. The first-order chi connectivity index (χ1) is 5.33. The summed E-state index contributed by atoms with van der Waals surface area (Å²) in [5, 5.41) is 0. The fourth-order valence-corrected chi connectivity index (χ4v) is 0.463. The normalized spacial score (nSPS) is 8.82. The number of hydrogen-bond acceptors (Lipinski definition) is 5. The first-order valence-corrected chi connectivity index (χ1v) is 2.77. The lowest BCUT2D eigenvalue weighted by Gasteiger charge is -1.98. The Bertz CT molecular complexity index is 237. The van der Waals surface area contributed by atoms with Gasteiger partial charge in [-0.15, -0.1) is 0 Å². The van der Waals surface area contributed by atoms with Crippen molar-refractivity contribution in [2.75, 3.05) is 0 Å². The molecular weight excluding hydrogens is 148 g/mol. The van der Waals surface area contributed by atoms with Crippen molar-refractivity contribution in [1.82, 2.24) is 15.4 Å². The summed E-state index contributed by atoms with van der Waals surface area (Å²) in [5.74, 6) is 4.91. The third-order valence-corrected chi connectivity index (χ3v) is 0.870. The number of amides is 1. The van der Waals surface area contributed by atoms with E-state index >= 15 is 0 Å². The molecule has 1 aromatic heterocycles. The van der Waals surface area contributed by atoms with E-state index in [1.54, 1.807) is 5.43 Å². The molecule has 3 N–H and O–H groups in total. The highest BCUT2D eigenvalue weighted by Crippen LogP contribution is 2.00. The molecule has 0 aliphatic rings. The lowest BCUT2D eigenvalue weighted by Crippen LogP contribution is -2.32. The second-order valence-electron chi connectivity index (χ2n) is 1.58. The highest BCUT2D eigenvalue weighted by atomic mass is 16.6. The Morgan fingerprint density at radius 2 is 2.55 bits per heavy atom. The quantitative estimate of drug-likeness (QED) is 0.321. The molecule has 6 nitrogen and oxygen atoms in total. The zero-order valence-corrected chi connectivity index (χ0v) is 5.52. The fraction of sp³-hybridized carbons (Fsp3) is 0. The van der Waals surface area contributed by atoms with Gasteiger partial charge < -0.3 is 4.74 Å². The topological polar surface area (TPSA) is 90.1 Å². The molecule has 0 spiro atoms. The van der Waals surface area contributed by atoms with E-state index in [4.69, 9.17) is 5.84 Å². The van der Waals surface area contributed by atoms with Crippen LogP contribution >= 0.6 is 0 Å². The average molecular weight is 154 g/mol. The predicted molar refractivity (Wildman–Crippen MR) is 35.4 cm³/mol. The van der Waals surface area contributed by atoms with E-state index in [2.05, 4.69) is 14.7 Å². The molecule has 0 aliphatic carbocycles. The van der Waals surface area contributed by atoms with Crippen molar-refractivity contribution in [1.29, 1.82) is 0 Å². The molecule has 1 aromatic rings. The Hall–Kier alpha value is -1.69. The largest absolute Gasteiger partial charge is 0.428 e. The molecule has 0 unspecified atom stereocenters. The van der Waals surface area contributed by atoms with Gasteiger partial charge >= 0.3 is 6.09 Å². The summed E-state index contributed by atoms with van der Waals surface area (Å²) in [5.41, 5.74) is 1.79. The van der Waals surface area contributed by atoms with Crippen LogP contribution in [0, 0.1) is 0 Å². The Labute approximate surface area is 62.4 Å². The number of nitrogens with two attached hydrogens (primary N) is 1. The van der Waals surface area contributed by atoms with Crippen LogP contribution in [0.1, 0.15) is 0 Å². The van der Waals surface area contributed by atoms with Crippen molar-refractivity contribution in [3.05, 3.63) is 18.6 Å². The molecule has 6 heteroatoms. The zero-order valence-electron chi connectivity index (χ0n) is 5.52. The van der Waals surface area contributed by atoms with E-state index in [-0.39, 0.29) is 5.88 Å². The molecule has 1 heterocycles. The highest BCUT2D eigenvalue weighted by Gasteiger charge is 1.99. The number of hydrogen-bond donors (Lipinski definition) is 2. The predicted octanol–water partition coefficient (Wildman–Crippen LogP) is -0.561. The van der Waals surface area contributed by atoms with Gasteiger partial charge in [-0.1, -0.05) is 0 Å². The summed E-state index contributed by atoms with van der Waals surface area (Å²) in [6.45, 7) is 0. The molecule has 0 atom stereocenters. The van der Waals surface area contributed by atoms with Gasteiger partial charge in [-0.2, -0.15) is 0 Å². The maximum absolute atomic E-state index is 10.5. The molecule has 1 amide bonds. The third-order valence-electron chi connectivity index (χ3n) is 0.870. The van der Waals surface area contributed by atoms with E-state index in [1.165, 1.54) is 18.6 Å². The lowest BCUT2D eigenvalue weighted by atomic mass is 10.6. The number of nitrogens with one attached hydrogen (secondary N) is 1. The molecule has 0 aromatic carbocycles. The Balaban J connectivity index is 2.58. The number of aromatic nitrogens is 2. The van der Waals surface area contributed by atoms with Gasteiger partial charge in [0.2, 0.25) is 5.88 Å². The number of carbonyl (C=O) groups excluding carboxylic acids is 1. The van der Waals surface area contributed by atoms with Gasteiger partial charge in [0, 0.05) is 12.3 Å². The van der Waals surface area contributed by atoms with E-state index < -0.39 is 6.09 Å². The molecule has 0 fully saturated rings. The van der Waals surface area contributed by atoms with E-state index in [1.807, 2.05) is 0 Å². The number of hydrazine groups is 1. The van der Waals surface area contributed by atoms with Gasteiger partial charge in [-0.05, 0) is 0 Å². The standard InChI is InChI=1S/C5H6N4O2/c6-9-5(10)11-4-1-2-7-3-8-4/h1-3H,6H2,(H,9,10). The fourth-order valence-electron chi connectivity index (χ4n) is 0.463. The van der Waals surface area contributed by atoms with Crippen LogP contribution in [0.15, 0.2) is 18.6 Å². The lowest BCUT2D eigenvalue weighted by molar-refractivity contribution is 0.199. The maximum atomic E-state index is 10.5. The van der Waals surface area contributed by atoms with E-state index in [0.717, 1.165) is 0 Å². The third kappa shape index (κ3) is 2.18. The van der Waals surface area contributed by atoms with Crippen molar-refractivity contribution in [3.8, 4) is 5.88 Å². The summed E-state index contributed by atoms with van der Waals surface area (Å²) in [4.78, 5) is 17.7. The van der Waals surface area contributed by atoms with Gasteiger partial charge in [0.25, 0.3) is 0 Å². The molecular formula is C5H6N4O2. The molecule has 0 aliphatic heterocycles. The molecule has 58 valence electrons. The molecule has 1 rings (SSSR count). The van der Waals surface area contributed by atoms with Gasteiger partial charge in [0.05, 0.1) is 0 Å². The van der Waals surface area contributed by atoms with Crippen molar-refractivity contribution in [2.24, 2.45) is 5.84 Å².